The summed E-state index contributed by atoms with van der Waals surface area (Å²) in [7, 11) is 0. The molecule has 66 valence electrons. The third-order valence-electron chi connectivity index (χ3n) is 1.41. The zero-order valence-electron chi connectivity index (χ0n) is 6.79. The molecule has 12 heavy (non-hydrogen) atoms. The van der Waals surface area contributed by atoms with E-state index in [4.69, 9.17) is 17.3 Å². The highest BCUT2D eigenvalue weighted by atomic mass is 35.5. The van der Waals surface area contributed by atoms with Crippen LogP contribution in [0, 0.1) is 0 Å². The van der Waals surface area contributed by atoms with Crippen molar-refractivity contribution in [3.05, 3.63) is 29.3 Å². The first kappa shape index (κ1) is 9.90. The Morgan fingerprint density at radius 1 is 1.42 bits per heavy atom. The van der Waals surface area contributed by atoms with Gasteiger partial charge in [-0.3, -0.25) is 0 Å². The van der Waals surface area contributed by atoms with E-state index in [0.717, 1.165) is 23.7 Å². The smallest absolute Gasteiger partial charge is 0.0417 e. The molecule has 0 radical (unpaired) electrons. The van der Waals surface area contributed by atoms with Gasteiger partial charge >= 0.3 is 0 Å². The molecular weight excluding hydrogens is 190 g/mol. The Labute approximate surface area is 82.3 Å². The van der Waals surface area contributed by atoms with E-state index in [2.05, 4.69) is 6.07 Å². The highest BCUT2D eigenvalue weighted by molar-refractivity contribution is 7.99. The monoisotopic (exact) mass is 201 g/mol. The third kappa shape index (κ3) is 3.48. The molecule has 0 atom stereocenters. The lowest BCUT2D eigenvalue weighted by molar-refractivity contribution is 0.943. The Morgan fingerprint density at radius 2 is 2.25 bits per heavy atom. The van der Waals surface area contributed by atoms with Crippen LogP contribution < -0.4 is 5.73 Å². The number of hydrogen-bond acceptors (Lipinski definition) is 2. The number of benzene rings is 1. The minimum atomic E-state index is 0.758. The zero-order chi connectivity index (χ0) is 8.81. The summed E-state index contributed by atoms with van der Waals surface area (Å²) in [5.74, 6) is 1.07. The fraction of sp³-hybridized carbons (Fsp3) is 0.333. The van der Waals surface area contributed by atoms with Crippen LogP contribution in [0.4, 0.5) is 0 Å². The van der Waals surface area contributed by atoms with Crippen LogP contribution in [0.1, 0.15) is 6.42 Å². The Morgan fingerprint density at radius 3 is 2.92 bits per heavy atom. The molecule has 1 aromatic carbocycles. The van der Waals surface area contributed by atoms with Gasteiger partial charge in [-0.05, 0) is 36.9 Å². The molecule has 0 heterocycles. The average molecular weight is 202 g/mol. The summed E-state index contributed by atoms with van der Waals surface area (Å²) in [4.78, 5) is 1.22. The second-order valence-corrected chi connectivity index (χ2v) is 4.05. The first-order valence-electron chi connectivity index (χ1n) is 3.91. The van der Waals surface area contributed by atoms with Gasteiger partial charge < -0.3 is 5.73 Å². The van der Waals surface area contributed by atoms with Crippen molar-refractivity contribution in [1.29, 1.82) is 0 Å². The fourth-order valence-electron chi connectivity index (χ4n) is 0.830. The van der Waals surface area contributed by atoms with Gasteiger partial charge in [-0.2, -0.15) is 0 Å². The summed E-state index contributed by atoms with van der Waals surface area (Å²) in [6, 6.07) is 7.89. The number of nitrogens with two attached hydrogens (primary N) is 1. The van der Waals surface area contributed by atoms with Gasteiger partial charge in [0.25, 0.3) is 0 Å². The molecule has 0 amide bonds. The summed E-state index contributed by atoms with van der Waals surface area (Å²) in [6.07, 6.45) is 1.05. The van der Waals surface area contributed by atoms with Crippen LogP contribution in [0.15, 0.2) is 29.2 Å². The molecule has 0 bridgehead atoms. The summed E-state index contributed by atoms with van der Waals surface area (Å²) in [5, 5.41) is 0.799. The minimum Gasteiger partial charge on any atom is -0.330 e. The number of halogens is 1. The molecule has 3 heteroatoms. The molecule has 1 aromatic rings. The fourth-order valence-corrected chi connectivity index (χ4v) is 2.02. The van der Waals surface area contributed by atoms with Crippen LogP contribution in [0.25, 0.3) is 0 Å². The van der Waals surface area contributed by atoms with E-state index in [1.165, 1.54) is 4.90 Å². The maximum atomic E-state index is 5.82. The molecule has 0 aliphatic heterocycles. The van der Waals surface area contributed by atoms with Gasteiger partial charge in [-0.1, -0.05) is 17.7 Å². The molecule has 0 aliphatic rings. The number of rotatable bonds is 4. The second-order valence-electron chi connectivity index (χ2n) is 2.45. The van der Waals surface area contributed by atoms with Crippen molar-refractivity contribution in [3.63, 3.8) is 0 Å². The molecule has 0 aromatic heterocycles. The first-order valence-corrected chi connectivity index (χ1v) is 5.27. The average Bonchev–Trinajstić information content (AvgIpc) is 2.05. The molecule has 2 N–H and O–H groups in total. The number of hydrogen-bond donors (Lipinski definition) is 1. The Kier molecular flexibility index (Phi) is 4.51. The normalized spacial score (nSPS) is 10.2. The maximum absolute atomic E-state index is 5.82. The standard InChI is InChI=1S/C9H12ClNS/c10-8-3-1-4-9(7-8)12-6-2-5-11/h1,3-4,7H,2,5-6,11H2. The van der Waals surface area contributed by atoms with Crippen molar-refractivity contribution >= 4 is 23.4 Å². The van der Waals surface area contributed by atoms with E-state index in [1.54, 1.807) is 11.8 Å². The molecule has 1 rings (SSSR count). The SMILES string of the molecule is NCCCSc1cccc(Cl)c1. The van der Waals surface area contributed by atoms with E-state index in [9.17, 15) is 0 Å². The Bertz CT molecular complexity index is 240. The summed E-state index contributed by atoms with van der Waals surface area (Å²) < 4.78 is 0. The van der Waals surface area contributed by atoms with Gasteiger partial charge in [0, 0.05) is 9.92 Å². The Hall–Kier alpha value is -0.180. The quantitative estimate of drug-likeness (QED) is 0.599. The minimum absolute atomic E-state index is 0.758. The molecular formula is C9H12ClNS. The third-order valence-corrected chi connectivity index (χ3v) is 2.73. The van der Waals surface area contributed by atoms with Crippen LogP contribution in [0.5, 0.6) is 0 Å². The van der Waals surface area contributed by atoms with Crippen LogP contribution in [-0.2, 0) is 0 Å². The maximum Gasteiger partial charge on any atom is 0.0417 e. The lowest BCUT2D eigenvalue weighted by Gasteiger charge is -1.99. The van der Waals surface area contributed by atoms with Gasteiger partial charge in [0.15, 0.2) is 0 Å². The van der Waals surface area contributed by atoms with Crippen LogP contribution in [0.3, 0.4) is 0 Å². The van der Waals surface area contributed by atoms with Crippen molar-refractivity contribution in [2.24, 2.45) is 5.73 Å². The van der Waals surface area contributed by atoms with Crippen molar-refractivity contribution < 1.29 is 0 Å². The second kappa shape index (κ2) is 5.46. The van der Waals surface area contributed by atoms with Crippen molar-refractivity contribution in [2.45, 2.75) is 11.3 Å². The highest BCUT2D eigenvalue weighted by Gasteiger charge is 1.93. The number of thioether (sulfide) groups is 1. The van der Waals surface area contributed by atoms with Crippen LogP contribution >= 0.6 is 23.4 Å². The predicted octanol–water partition coefficient (Wildman–Crippen LogP) is 2.78. The molecule has 1 nitrogen and oxygen atoms in total. The van der Waals surface area contributed by atoms with Crippen molar-refractivity contribution in [1.82, 2.24) is 0 Å². The van der Waals surface area contributed by atoms with E-state index < -0.39 is 0 Å². The van der Waals surface area contributed by atoms with Gasteiger partial charge in [0.2, 0.25) is 0 Å². The topological polar surface area (TPSA) is 26.0 Å². The van der Waals surface area contributed by atoms with Gasteiger partial charge in [-0.15, -0.1) is 11.8 Å². The van der Waals surface area contributed by atoms with Gasteiger partial charge in [0.1, 0.15) is 0 Å². The van der Waals surface area contributed by atoms with E-state index in [-0.39, 0.29) is 0 Å². The van der Waals surface area contributed by atoms with Crippen molar-refractivity contribution in [2.75, 3.05) is 12.3 Å². The van der Waals surface area contributed by atoms with Crippen molar-refractivity contribution in [3.8, 4) is 0 Å². The molecule has 0 unspecified atom stereocenters. The lowest BCUT2D eigenvalue weighted by atomic mass is 10.4. The molecule has 0 saturated heterocycles. The first-order chi connectivity index (χ1) is 5.83. The summed E-state index contributed by atoms with van der Waals surface area (Å²) >= 11 is 7.61. The van der Waals surface area contributed by atoms with E-state index in [0.29, 0.717) is 0 Å². The zero-order valence-corrected chi connectivity index (χ0v) is 8.37. The largest absolute Gasteiger partial charge is 0.330 e. The predicted molar refractivity (Wildman–Crippen MR) is 55.8 cm³/mol. The molecule has 0 spiro atoms. The summed E-state index contributed by atoms with van der Waals surface area (Å²) in [5.41, 5.74) is 5.38. The molecule has 0 aliphatic carbocycles. The lowest BCUT2D eigenvalue weighted by Crippen LogP contribution is -1.99. The van der Waals surface area contributed by atoms with Crippen LogP contribution in [0.2, 0.25) is 5.02 Å². The molecule has 0 fully saturated rings. The van der Waals surface area contributed by atoms with E-state index in [1.807, 2.05) is 18.2 Å². The summed E-state index contributed by atoms with van der Waals surface area (Å²) in [6.45, 7) is 0.758. The Balaban J connectivity index is 2.41. The molecule has 0 saturated carbocycles. The van der Waals surface area contributed by atoms with Gasteiger partial charge in [0.05, 0.1) is 0 Å². The van der Waals surface area contributed by atoms with Crippen LogP contribution in [-0.4, -0.2) is 12.3 Å². The highest BCUT2D eigenvalue weighted by Crippen LogP contribution is 2.21. The van der Waals surface area contributed by atoms with E-state index >= 15 is 0 Å². The van der Waals surface area contributed by atoms with Gasteiger partial charge in [-0.25, -0.2) is 0 Å².